The molecule has 0 fully saturated rings. The van der Waals surface area contributed by atoms with E-state index in [0.717, 1.165) is 10.5 Å². The number of hydrogen-bond acceptors (Lipinski definition) is 6. The first-order chi connectivity index (χ1) is 11.2. The van der Waals surface area contributed by atoms with Crippen LogP contribution in [0.5, 0.6) is 0 Å². The van der Waals surface area contributed by atoms with E-state index >= 15 is 0 Å². The molecule has 8 heteroatoms. The van der Waals surface area contributed by atoms with Crippen LogP contribution < -0.4 is 4.72 Å². The number of methoxy groups -OCH3 is 1. The van der Waals surface area contributed by atoms with E-state index < -0.39 is 10.0 Å². The molecule has 0 atom stereocenters. The molecule has 1 aromatic carbocycles. The first kappa shape index (κ1) is 20.8. The highest BCUT2D eigenvalue weighted by molar-refractivity contribution is 7.99. The van der Waals surface area contributed by atoms with Crippen LogP contribution in [-0.4, -0.2) is 45.7 Å². The van der Waals surface area contributed by atoms with Gasteiger partial charge in [-0.15, -0.1) is 11.8 Å². The second-order valence-corrected chi connectivity index (χ2v) is 8.49. The summed E-state index contributed by atoms with van der Waals surface area (Å²) in [5.74, 6) is 0.121. The molecule has 0 aliphatic carbocycles. The molecule has 0 aliphatic heterocycles. The second kappa shape index (κ2) is 9.90. The van der Waals surface area contributed by atoms with Crippen molar-refractivity contribution in [3.8, 4) is 0 Å². The van der Waals surface area contributed by atoms with E-state index in [0.29, 0.717) is 11.4 Å². The van der Waals surface area contributed by atoms with Gasteiger partial charge >= 0.3 is 5.97 Å². The number of hydrogen-bond donors (Lipinski definition) is 1. The molecule has 6 nitrogen and oxygen atoms in total. The predicted molar refractivity (Wildman–Crippen MR) is 97.0 cm³/mol. The molecule has 0 saturated carbocycles. The lowest BCUT2D eigenvalue weighted by atomic mass is 10.2. The molecule has 0 spiro atoms. The standard InChI is InChI=1S/C16H25NO5S2/c1-12(2)22-8-10-24(19,20)17-14-6-5-13(3)11-15(14)23-9-7-16(18)21-4/h5-6,11-12,17H,7-10H2,1-4H3. The number of sulfonamides is 1. The van der Waals surface area contributed by atoms with Crippen molar-refractivity contribution in [1.82, 2.24) is 0 Å². The van der Waals surface area contributed by atoms with E-state index in [-0.39, 0.29) is 30.9 Å². The van der Waals surface area contributed by atoms with Crippen molar-refractivity contribution in [2.75, 3.05) is 29.9 Å². The summed E-state index contributed by atoms with van der Waals surface area (Å²) in [6, 6.07) is 5.47. The number of carbonyl (C=O) groups is 1. The minimum absolute atomic E-state index is 0.0102. The van der Waals surface area contributed by atoms with Crippen molar-refractivity contribution in [3.05, 3.63) is 23.8 Å². The Morgan fingerprint density at radius 2 is 2.04 bits per heavy atom. The third kappa shape index (κ3) is 8.03. The molecule has 0 heterocycles. The largest absolute Gasteiger partial charge is 0.469 e. The number of ether oxygens (including phenoxy) is 2. The average molecular weight is 376 g/mol. The molecule has 0 radical (unpaired) electrons. The fourth-order valence-corrected chi connectivity index (χ4v) is 3.82. The number of carbonyl (C=O) groups excluding carboxylic acids is 1. The Morgan fingerprint density at radius 3 is 2.67 bits per heavy atom. The maximum absolute atomic E-state index is 12.2. The zero-order valence-electron chi connectivity index (χ0n) is 14.5. The van der Waals surface area contributed by atoms with Gasteiger partial charge in [0.1, 0.15) is 0 Å². The average Bonchev–Trinajstić information content (AvgIpc) is 2.48. The number of nitrogens with one attached hydrogen (secondary N) is 1. The van der Waals surface area contributed by atoms with E-state index in [1.165, 1.54) is 18.9 Å². The van der Waals surface area contributed by atoms with Crippen LogP contribution in [0.25, 0.3) is 0 Å². The first-order valence-corrected chi connectivity index (χ1v) is 10.3. The highest BCUT2D eigenvalue weighted by atomic mass is 32.2. The quantitative estimate of drug-likeness (QED) is 0.500. The molecule has 24 heavy (non-hydrogen) atoms. The monoisotopic (exact) mass is 375 g/mol. The first-order valence-electron chi connectivity index (χ1n) is 7.66. The van der Waals surface area contributed by atoms with Gasteiger partial charge in [-0.1, -0.05) is 6.07 Å². The number of anilines is 1. The van der Waals surface area contributed by atoms with Crippen LogP contribution in [0.1, 0.15) is 25.8 Å². The van der Waals surface area contributed by atoms with E-state index in [1.54, 1.807) is 6.07 Å². The molecule has 0 unspecified atom stereocenters. The Bertz CT molecular complexity index is 644. The third-order valence-electron chi connectivity index (χ3n) is 3.00. The van der Waals surface area contributed by atoms with Crippen LogP contribution >= 0.6 is 11.8 Å². The molecule has 0 bridgehead atoms. The van der Waals surface area contributed by atoms with Gasteiger partial charge in [-0.2, -0.15) is 0 Å². The van der Waals surface area contributed by atoms with Gasteiger partial charge < -0.3 is 9.47 Å². The van der Waals surface area contributed by atoms with Gasteiger partial charge in [-0.05, 0) is 38.5 Å². The Balaban J connectivity index is 2.74. The number of rotatable bonds is 10. The summed E-state index contributed by atoms with van der Waals surface area (Å²) >= 11 is 1.42. The van der Waals surface area contributed by atoms with Crippen LogP contribution in [0.3, 0.4) is 0 Å². The van der Waals surface area contributed by atoms with Gasteiger partial charge in [-0.25, -0.2) is 8.42 Å². The molecular formula is C16H25NO5S2. The Morgan fingerprint density at radius 1 is 1.33 bits per heavy atom. The van der Waals surface area contributed by atoms with Crippen LogP contribution in [0.15, 0.2) is 23.1 Å². The van der Waals surface area contributed by atoms with Crippen LogP contribution in [0, 0.1) is 6.92 Å². The van der Waals surface area contributed by atoms with Gasteiger partial charge in [0.15, 0.2) is 0 Å². The molecule has 0 saturated heterocycles. The van der Waals surface area contributed by atoms with E-state index in [4.69, 9.17) is 4.74 Å². The van der Waals surface area contributed by atoms with Crippen molar-refractivity contribution in [3.63, 3.8) is 0 Å². The van der Waals surface area contributed by atoms with Crippen molar-refractivity contribution >= 4 is 33.4 Å². The van der Waals surface area contributed by atoms with Crippen LogP contribution in [0.4, 0.5) is 5.69 Å². The Hall–Kier alpha value is -1.25. The smallest absolute Gasteiger partial charge is 0.306 e. The number of esters is 1. The SMILES string of the molecule is COC(=O)CCSc1cc(C)ccc1NS(=O)(=O)CCOC(C)C. The van der Waals surface area contributed by atoms with Gasteiger partial charge in [0.25, 0.3) is 0 Å². The highest BCUT2D eigenvalue weighted by Gasteiger charge is 2.14. The van der Waals surface area contributed by atoms with Crippen LogP contribution in [0.2, 0.25) is 0 Å². The van der Waals surface area contributed by atoms with Crippen molar-refractivity contribution in [2.45, 2.75) is 38.2 Å². The van der Waals surface area contributed by atoms with E-state index in [9.17, 15) is 13.2 Å². The number of thioether (sulfide) groups is 1. The maximum atomic E-state index is 12.2. The second-order valence-electron chi connectivity index (χ2n) is 5.51. The lowest BCUT2D eigenvalue weighted by Crippen LogP contribution is -2.21. The third-order valence-corrected chi connectivity index (χ3v) is 5.29. The Labute approximate surface area is 148 Å². The normalized spacial score (nSPS) is 11.5. The van der Waals surface area contributed by atoms with Gasteiger partial charge in [0.2, 0.25) is 10.0 Å². The summed E-state index contributed by atoms with van der Waals surface area (Å²) in [6.45, 7) is 5.79. The predicted octanol–water partition coefficient (Wildman–Crippen LogP) is 2.82. The van der Waals surface area contributed by atoms with Gasteiger partial charge in [-0.3, -0.25) is 9.52 Å². The summed E-state index contributed by atoms with van der Waals surface area (Å²) in [4.78, 5) is 12.0. The fourth-order valence-electron chi connectivity index (χ4n) is 1.79. The summed E-state index contributed by atoms with van der Waals surface area (Å²) in [5, 5.41) is 0. The summed E-state index contributed by atoms with van der Waals surface area (Å²) in [5.41, 5.74) is 1.53. The van der Waals surface area contributed by atoms with E-state index in [2.05, 4.69) is 9.46 Å². The molecule has 1 rings (SSSR count). The van der Waals surface area contributed by atoms with Crippen molar-refractivity contribution in [1.29, 1.82) is 0 Å². The van der Waals surface area contributed by atoms with Gasteiger partial charge in [0, 0.05) is 10.6 Å². The molecule has 136 valence electrons. The minimum atomic E-state index is -3.49. The molecule has 1 aromatic rings. The molecule has 0 aliphatic rings. The Kier molecular flexibility index (Phi) is 8.58. The highest BCUT2D eigenvalue weighted by Crippen LogP contribution is 2.29. The molecule has 0 amide bonds. The van der Waals surface area contributed by atoms with E-state index in [1.807, 2.05) is 32.9 Å². The molecule has 0 aromatic heterocycles. The fraction of sp³-hybridized carbons (Fsp3) is 0.562. The van der Waals surface area contributed by atoms with Crippen LogP contribution in [-0.2, 0) is 24.3 Å². The zero-order chi connectivity index (χ0) is 18.2. The number of benzene rings is 1. The van der Waals surface area contributed by atoms with Gasteiger partial charge in [0.05, 0.1) is 37.7 Å². The maximum Gasteiger partial charge on any atom is 0.306 e. The summed E-state index contributed by atoms with van der Waals surface area (Å²) in [6.07, 6.45) is 0.257. The van der Waals surface area contributed by atoms with Crippen molar-refractivity contribution < 1.29 is 22.7 Å². The molecule has 1 N–H and O–H groups in total. The van der Waals surface area contributed by atoms with Crippen molar-refractivity contribution in [2.24, 2.45) is 0 Å². The molecular weight excluding hydrogens is 350 g/mol. The number of aryl methyl sites for hydroxylation is 1. The lowest BCUT2D eigenvalue weighted by Gasteiger charge is -2.14. The summed E-state index contributed by atoms with van der Waals surface area (Å²) in [7, 11) is -2.15. The topological polar surface area (TPSA) is 81.7 Å². The lowest BCUT2D eigenvalue weighted by molar-refractivity contribution is -0.140. The zero-order valence-corrected chi connectivity index (χ0v) is 16.1. The minimum Gasteiger partial charge on any atom is -0.469 e. The summed E-state index contributed by atoms with van der Waals surface area (Å²) < 4.78 is 36.8.